The van der Waals surface area contributed by atoms with E-state index < -0.39 is 5.97 Å². The molecule has 2 aliphatic carbocycles. The third kappa shape index (κ3) is 4.70. The van der Waals surface area contributed by atoms with Gasteiger partial charge in [0.2, 0.25) is 0 Å². The maximum atomic E-state index is 13.3. The summed E-state index contributed by atoms with van der Waals surface area (Å²) in [5.74, 6) is -1.40. The lowest BCUT2D eigenvalue weighted by Gasteiger charge is -2.56. The molecule has 2 aromatic heterocycles. The Labute approximate surface area is 235 Å². The second-order valence-corrected chi connectivity index (χ2v) is 11.3. The second-order valence-electron chi connectivity index (χ2n) is 10.9. The summed E-state index contributed by atoms with van der Waals surface area (Å²) in [5.41, 5.74) is 4.14. The number of halogens is 1. The molecule has 0 atom stereocenters. The number of carboxylic acids is 1. The van der Waals surface area contributed by atoms with Crippen LogP contribution < -0.4 is 10.6 Å². The van der Waals surface area contributed by atoms with Crippen LogP contribution in [0.2, 0.25) is 5.02 Å². The van der Waals surface area contributed by atoms with E-state index in [0.29, 0.717) is 52.3 Å². The normalized spacial score (nSPS) is 21.4. The van der Waals surface area contributed by atoms with Gasteiger partial charge in [-0.05, 0) is 60.9 Å². The van der Waals surface area contributed by atoms with Crippen LogP contribution in [0.15, 0.2) is 60.8 Å². The summed E-state index contributed by atoms with van der Waals surface area (Å²) in [4.78, 5) is 40.9. The Hall–Kier alpha value is -4.24. The Morgan fingerprint density at radius 2 is 1.77 bits per heavy atom. The van der Waals surface area contributed by atoms with Gasteiger partial charge >= 0.3 is 5.97 Å². The van der Waals surface area contributed by atoms with Crippen LogP contribution in [-0.2, 0) is 11.3 Å². The molecule has 2 heterocycles. The van der Waals surface area contributed by atoms with E-state index in [-0.39, 0.29) is 29.2 Å². The number of aliphatic carboxylic acids is 1. The number of hydrogen-bond donors (Lipinski definition) is 3. The minimum atomic E-state index is -0.726. The molecule has 2 aliphatic rings. The summed E-state index contributed by atoms with van der Waals surface area (Å²) in [6, 6.07) is 16.6. The predicted octanol–water partition coefficient (Wildman–Crippen LogP) is 4.53. The fourth-order valence-electron chi connectivity index (χ4n) is 6.12. The van der Waals surface area contributed by atoms with Gasteiger partial charge < -0.3 is 15.7 Å². The molecule has 0 saturated heterocycles. The van der Waals surface area contributed by atoms with Crippen molar-refractivity contribution in [1.29, 1.82) is 0 Å². The molecule has 2 aromatic carbocycles. The van der Waals surface area contributed by atoms with E-state index in [1.54, 1.807) is 42.2 Å². The van der Waals surface area contributed by atoms with Crippen molar-refractivity contribution >= 4 is 40.3 Å². The van der Waals surface area contributed by atoms with E-state index in [9.17, 15) is 19.5 Å². The highest BCUT2D eigenvalue weighted by atomic mass is 35.5. The number of nitrogens with zero attached hydrogens (tertiary/aromatic N) is 3. The number of carbonyl (C=O) groups is 3. The summed E-state index contributed by atoms with van der Waals surface area (Å²) in [6.45, 7) is 0.430. The summed E-state index contributed by atoms with van der Waals surface area (Å²) in [6.07, 6.45) is 4.69. The van der Waals surface area contributed by atoms with Crippen LogP contribution in [-0.4, -0.2) is 50.7 Å². The maximum absolute atomic E-state index is 13.3. The van der Waals surface area contributed by atoms with E-state index in [4.69, 9.17) is 11.6 Å². The molecule has 1 spiro atoms. The molecule has 2 amide bonds. The SMILES string of the molecule is CNC(=O)c1cccc(-c2ccc(Cn3ncc4c(Cl)ccc(C(=O)NC5CC6(C5)CC(C(=O)O)C6)c43)cc2)n1. The molecule has 0 radical (unpaired) electrons. The average molecular weight is 558 g/mol. The summed E-state index contributed by atoms with van der Waals surface area (Å²) in [7, 11) is 1.57. The van der Waals surface area contributed by atoms with E-state index in [2.05, 4.69) is 20.7 Å². The van der Waals surface area contributed by atoms with E-state index >= 15 is 0 Å². The van der Waals surface area contributed by atoms with E-state index in [0.717, 1.165) is 24.0 Å². The maximum Gasteiger partial charge on any atom is 0.306 e. The number of hydrogen-bond acceptors (Lipinski definition) is 5. The molecule has 40 heavy (non-hydrogen) atoms. The number of nitrogens with one attached hydrogen (secondary N) is 2. The van der Waals surface area contributed by atoms with Crippen molar-refractivity contribution in [2.45, 2.75) is 38.3 Å². The molecular formula is C30H28ClN5O4. The smallest absolute Gasteiger partial charge is 0.306 e. The number of amides is 2. The third-order valence-corrected chi connectivity index (χ3v) is 8.52. The van der Waals surface area contributed by atoms with Gasteiger partial charge in [-0.1, -0.05) is 41.9 Å². The van der Waals surface area contributed by atoms with Gasteiger partial charge in [-0.2, -0.15) is 5.10 Å². The topological polar surface area (TPSA) is 126 Å². The molecule has 204 valence electrons. The van der Waals surface area contributed by atoms with Gasteiger partial charge in [-0.3, -0.25) is 19.1 Å². The van der Waals surface area contributed by atoms with Crippen molar-refractivity contribution in [2.24, 2.45) is 11.3 Å². The molecule has 0 bridgehead atoms. The summed E-state index contributed by atoms with van der Waals surface area (Å²) < 4.78 is 1.78. The molecule has 0 aliphatic heterocycles. The molecule has 2 fully saturated rings. The Bertz CT molecular complexity index is 1630. The van der Waals surface area contributed by atoms with Crippen molar-refractivity contribution in [2.75, 3.05) is 7.05 Å². The van der Waals surface area contributed by atoms with Gasteiger partial charge in [-0.25, -0.2) is 4.98 Å². The quantitative estimate of drug-likeness (QED) is 0.306. The fraction of sp³-hybridized carbons (Fsp3) is 0.300. The first-order valence-corrected chi connectivity index (χ1v) is 13.6. The first kappa shape index (κ1) is 26.0. The molecule has 9 nitrogen and oxygen atoms in total. The number of carbonyl (C=O) groups excluding carboxylic acids is 2. The Balaban J connectivity index is 1.18. The van der Waals surface area contributed by atoms with Gasteiger partial charge in [-0.15, -0.1) is 0 Å². The van der Waals surface area contributed by atoms with Gasteiger partial charge in [0.1, 0.15) is 5.69 Å². The van der Waals surface area contributed by atoms with Crippen LogP contribution in [0.3, 0.4) is 0 Å². The summed E-state index contributed by atoms with van der Waals surface area (Å²) >= 11 is 6.46. The zero-order chi connectivity index (χ0) is 28.0. The van der Waals surface area contributed by atoms with Gasteiger partial charge in [0.15, 0.2) is 0 Å². The number of pyridine rings is 1. The molecule has 0 unspecified atom stereocenters. The second kappa shape index (κ2) is 10.1. The molecule has 3 N–H and O–H groups in total. The lowest BCUT2D eigenvalue weighted by atomic mass is 9.50. The van der Waals surface area contributed by atoms with Crippen LogP contribution in [0, 0.1) is 11.3 Å². The van der Waals surface area contributed by atoms with Crippen molar-refractivity contribution in [1.82, 2.24) is 25.4 Å². The Morgan fingerprint density at radius 3 is 2.48 bits per heavy atom. The Morgan fingerprint density at radius 1 is 1.02 bits per heavy atom. The van der Waals surface area contributed by atoms with Crippen molar-refractivity contribution in [3.8, 4) is 11.3 Å². The summed E-state index contributed by atoms with van der Waals surface area (Å²) in [5, 5.41) is 20.7. The van der Waals surface area contributed by atoms with E-state index in [1.807, 2.05) is 30.3 Å². The zero-order valence-corrected chi connectivity index (χ0v) is 22.6. The first-order chi connectivity index (χ1) is 19.2. The Kier molecular flexibility index (Phi) is 6.54. The average Bonchev–Trinajstić information content (AvgIpc) is 3.33. The largest absolute Gasteiger partial charge is 0.481 e. The van der Waals surface area contributed by atoms with Crippen LogP contribution >= 0.6 is 11.6 Å². The molecule has 10 heteroatoms. The number of benzene rings is 2. The minimum absolute atomic E-state index is 0.0346. The molecular weight excluding hydrogens is 530 g/mol. The monoisotopic (exact) mass is 557 g/mol. The number of fused-ring (bicyclic) bond motifs is 1. The number of rotatable bonds is 7. The highest BCUT2D eigenvalue weighted by Crippen LogP contribution is 2.58. The minimum Gasteiger partial charge on any atom is -0.481 e. The van der Waals surface area contributed by atoms with Gasteiger partial charge in [0, 0.05) is 24.0 Å². The van der Waals surface area contributed by atoms with Crippen molar-refractivity contribution < 1.29 is 19.5 Å². The zero-order valence-electron chi connectivity index (χ0n) is 21.9. The number of aromatic nitrogens is 3. The van der Waals surface area contributed by atoms with Crippen LogP contribution in [0.1, 0.15) is 52.1 Å². The fourth-order valence-corrected chi connectivity index (χ4v) is 6.32. The van der Waals surface area contributed by atoms with Crippen molar-refractivity contribution in [3.05, 3.63) is 82.6 Å². The lowest BCUT2D eigenvalue weighted by Crippen LogP contribution is -2.57. The highest BCUT2D eigenvalue weighted by Gasteiger charge is 2.55. The van der Waals surface area contributed by atoms with Gasteiger partial charge in [0.25, 0.3) is 11.8 Å². The van der Waals surface area contributed by atoms with Gasteiger partial charge in [0.05, 0.1) is 40.5 Å². The standard InChI is InChI=1S/C30H28ClN5O4/c1-32-28(38)25-4-2-3-24(35-25)18-7-5-17(6-8-18)16-36-26-21(9-10-23(31)22(26)15-33-36)27(37)34-20-13-30(14-20)11-19(12-30)29(39)40/h2-10,15,19-20H,11-14,16H2,1H3,(H,32,38)(H,34,37)(H,39,40). The molecule has 2 saturated carbocycles. The van der Waals surface area contributed by atoms with Crippen LogP contribution in [0.4, 0.5) is 0 Å². The van der Waals surface area contributed by atoms with E-state index in [1.165, 1.54) is 0 Å². The number of carboxylic acid groups (broad SMARTS) is 1. The van der Waals surface area contributed by atoms with Crippen LogP contribution in [0.5, 0.6) is 0 Å². The lowest BCUT2D eigenvalue weighted by molar-refractivity contribution is -0.155. The predicted molar refractivity (Wildman–Crippen MR) is 150 cm³/mol. The van der Waals surface area contributed by atoms with Crippen LogP contribution in [0.25, 0.3) is 22.2 Å². The molecule has 4 aromatic rings. The first-order valence-electron chi connectivity index (χ1n) is 13.2. The highest BCUT2D eigenvalue weighted by molar-refractivity contribution is 6.36. The van der Waals surface area contributed by atoms with Crippen molar-refractivity contribution in [3.63, 3.8) is 0 Å². The molecule has 6 rings (SSSR count). The third-order valence-electron chi connectivity index (χ3n) is 8.19.